The van der Waals surface area contributed by atoms with Crippen LogP contribution < -0.4 is 15.5 Å². The van der Waals surface area contributed by atoms with E-state index < -0.39 is 17.9 Å². The first kappa shape index (κ1) is 27.4. The number of hydrogen-bond acceptors (Lipinski definition) is 7. The Labute approximate surface area is 234 Å². The van der Waals surface area contributed by atoms with E-state index in [1.165, 1.54) is 29.5 Å². The van der Waals surface area contributed by atoms with Crippen LogP contribution in [0.3, 0.4) is 0 Å². The van der Waals surface area contributed by atoms with Gasteiger partial charge in [0, 0.05) is 48.9 Å². The largest absolute Gasteiger partial charge is 0.451 e. The Bertz CT molecular complexity index is 1530. The van der Waals surface area contributed by atoms with E-state index in [2.05, 4.69) is 20.6 Å². The number of hydrogen-bond donors (Lipinski definition) is 2. The average molecular weight is 556 g/mol. The minimum Gasteiger partial charge on any atom is -0.451 e. The van der Waals surface area contributed by atoms with Gasteiger partial charge in [-0.25, -0.2) is 9.37 Å². The number of anilines is 1. The molecule has 2 aromatic carbocycles. The van der Waals surface area contributed by atoms with Gasteiger partial charge in [-0.1, -0.05) is 30.3 Å². The molecule has 1 saturated heterocycles. The molecule has 1 fully saturated rings. The minimum atomic E-state index is -1.15. The van der Waals surface area contributed by atoms with E-state index in [0.29, 0.717) is 23.2 Å². The number of rotatable bonds is 9. The highest BCUT2D eigenvalue weighted by Crippen LogP contribution is 2.32. The summed E-state index contributed by atoms with van der Waals surface area (Å²) < 4.78 is 18.7. The van der Waals surface area contributed by atoms with Gasteiger partial charge in [-0.05, 0) is 47.9 Å². The Hall–Kier alpha value is -5.19. The average Bonchev–Trinajstić information content (AvgIpc) is 3.51. The molecule has 1 aliphatic rings. The number of nitrogens with zero attached hydrogens (tertiary/aromatic N) is 3. The molecule has 4 aromatic rings. The maximum absolute atomic E-state index is 13.8. The summed E-state index contributed by atoms with van der Waals surface area (Å²) in [7, 11) is 0. The third-order valence-electron chi connectivity index (χ3n) is 6.76. The molecule has 0 saturated carbocycles. The van der Waals surface area contributed by atoms with Gasteiger partial charge < -0.3 is 9.73 Å². The van der Waals surface area contributed by atoms with Crippen LogP contribution in [-0.4, -0.2) is 40.1 Å². The van der Waals surface area contributed by atoms with Crippen molar-refractivity contribution < 1.29 is 28.0 Å². The fourth-order valence-electron chi connectivity index (χ4n) is 4.82. The first-order valence-electron chi connectivity index (χ1n) is 13.0. The van der Waals surface area contributed by atoms with Crippen LogP contribution >= 0.6 is 0 Å². The summed E-state index contributed by atoms with van der Waals surface area (Å²) in [6.07, 6.45) is 6.08. The van der Waals surface area contributed by atoms with Crippen LogP contribution in [0.2, 0.25) is 0 Å². The molecular formula is C30H26FN5O5. The number of pyridine rings is 1. The SMILES string of the molecule is O=C1CC(c2ccc(N(C(=O)c3cocn3)C(C(=O)NCCc3cccc(F)c3)c3cccnc3)cc2)CC(=O)N1. The van der Waals surface area contributed by atoms with Crippen LogP contribution in [0.25, 0.3) is 0 Å². The summed E-state index contributed by atoms with van der Waals surface area (Å²) in [5.41, 5.74) is 2.28. The number of aromatic nitrogens is 2. The number of imide groups is 1. The number of halogens is 1. The third kappa shape index (κ3) is 6.52. The third-order valence-corrected chi connectivity index (χ3v) is 6.76. The molecule has 2 aromatic heterocycles. The highest BCUT2D eigenvalue weighted by Gasteiger charge is 2.35. The van der Waals surface area contributed by atoms with E-state index in [0.717, 1.165) is 12.0 Å². The number of piperidine rings is 1. The fraction of sp³-hybridized carbons (Fsp3) is 0.200. The van der Waals surface area contributed by atoms with Crippen molar-refractivity contribution in [3.05, 3.63) is 114 Å². The maximum Gasteiger partial charge on any atom is 0.281 e. The summed E-state index contributed by atoms with van der Waals surface area (Å²) in [6.45, 7) is 0.196. The lowest BCUT2D eigenvalue weighted by Gasteiger charge is -2.31. The Morgan fingerprint density at radius 1 is 1.07 bits per heavy atom. The van der Waals surface area contributed by atoms with Crippen molar-refractivity contribution in [2.45, 2.75) is 31.2 Å². The van der Waals surface area contributed by atoms with Gasteiger partial charge in [-0.15, -0.1) is 0 Å². The van der Waals surface area contributed by atoms with Gasteiger partial charge in [-0.2, -0.15) is 0 Å². The van der Waals surface area contributed by atoms with Gasteiger partial charge in [0.15, 0.2) is 12.1 Å². The van der Waals surface area contributed by atoms with Crippen molar-refractivity contribution in [3.8, 4) is 0 Å². The minimum absolute atomic E-state index is 0.00919. The van der Waals surface area contributed by atoms with Crippen LogP contribution in [0.1, 0.15) is 52.0 Å². The molecule has 1 atom stereocenters. The van der Waals surface area contributed by atoms with Crippen LogP contribution in [0.5, 0.6) is 0 Å². The molecule has 208 valence electrons. The standard InChI is InChI=1S/C30H26FN5O5/c31-23-5-1-3-19(13-23)10-12-33-29(39)28(21-4-2-11-32-16-21)36(30(40)25-17-41-18-34-25)24-8-6-20(7-9-24)22-14-26(37)35-27(38)15-22/h1-9,11,13,16-18,22,28H,10,12,14-15H2,(H,33,39)(H,35,37,38). The number of nitrogens with one attached hydrogen (secondary N) is 2. The Morgan fingerprint density at radius 2 is 1.85 bits per heavy atom. The molecule has 11 heteroatoms. The van der Waals surface area contributed by atoms with E-state index >= 15 is 0 Å². The fourth-order valence-corrected chi connectivity index (χ4v) is 4.82. The molecule has 2 N–H and O–H groups in total. The molecule has 41 heavy (non-hydrogen) atoms. The molecule has 0 aliphatic carbocycles. The number of benzene rings is 2. The summed E-state index contributed by atoms with van der Waals surface area (Å²) >= 11 is 0. The molecule has 4 amide bonds. The van der Waals surface area contributed by atoms with E-state index in [-0.39, 0.29) is 48.6 Å². The van der Waals surface area contributed by atoms with Crippen LogP contribution in [-0.2, 0) is 20.8 Å². The lowest BCUT2D eigenvalue weighted by molar-refractivity contribution is -0.133. The molecule has 10 nitrogen and oxygen atoms in total. The quantitative estimate of drug-likeness (QED) is 0.302. The molecule has 0 spiro atoms. The number of oxazole rings is 1. The van der Waals surface area contributed by atoms with Gasteiger partial charge in [0.1, 0.15) is 18.1 Å². The van der Waals surface area contributed by atoms with E-state index in [4.69, 9.17) is 4.42 Å². The van der Waals surface area contributed by atoms with E-state index in [1.807, 2.05) is 0 Å². The summed E-state index contributed by atoms with van der Waals surface area (Å²) in [5.74, 6) is -2.43. The highest BCUT2D eigenvalue weighted by atomic mass is 19.1. The molecular weight excluding hydrogens is 529 g/mol. The Kier molecular flexibility index (Phi) is 8.23. The molecule has 0 radical (unpaired) electrons. The molecule has 1 aliphatic heterocycles. The van der Waals surface area contributed by atoms with Crippen molar-refractivity contribution in [2.24, 2.45) is 0 Å². The molecule has 5 rings (SSSR count). The lowest BCUT2D eigenvalue weighted by atomic mass is 9.89. The number of carbonyl (C=O) groups is 4. The Morgan fingerprint density at radius 3 is 2.51 bits per heavy atom. The zero-order valence-electron chi connectivity index (χ0n) is 21.8. The molecule has 0 bridgehead atoms. The van der Waals surface area contributed by atoms with E-state index in [1.54, 1.807) is 54.7 Å². The second kappa shape index (κ2) is 12.3. The van der Waals surface area contributed by atoms with Crippen LogP contribution in [0.4, 0.5) is 10.1 Å². The van der Waals surface area contributed by atoms with Crippen molar-refractivity contribution >= 4 is 29.3 Å². The van der Waals surface area contributed by atoms with Gasteiger partial charge in [0.25, 0.3) is 5.91 Å². The predicted octanol–water partition coefficient (Wildman–Crippen LogP) is 3.48. The van der Waals surface area contributed by atoms with Crippen LogP contribution in [0, 0.1) is 5.82 Å². The van der Waals surface area contributed by atoms with Crippen LogP contribution in [0.15, 0.2) is 90.1 Å². The van der Waals surface area contributed by atoms with Gasteiger partial charge in [0.05, 0.1) is 0 Å². The predicted molar refractivity (Wildman–Crippen MR) is 145 cm³/mol. The molecule has 3 heterocycles. The first-order chi connectivity index (χ1) is 19.9. The van der Waals surface area contributed by atoms with Gasteiger partial charge >= 0.3 is 0 Å². The second-order valence-electron chi connectivity index (χ2n) is 9.58. The van der Waals surface area contributed by atoms with Gasteiger partial charge in [-0.3, -0.25) is 34.4 Å². The number of amides is 4. The summed E-state index contributed by atoms with van der Waals surface area (Å²) in [6, 6.07) is 15.1. The lowest BCUT2D eigenvalue weighted by Crippen LogP contribution is -2.44. The van der Waals surface area contributed by atoms with Gasteiger partial charge in [0.2, 0.25) is 17.7 Å². The maximum atomic E-state index is 13.8. The smallest absolute Gasteiger partial charge is 0.281 e. The van der Waals surface area contributed by atoms with Crippen molar-refractivity contribution in [1.29, 1.82) is 0 Å². The normalized spacial score (nSPS) is 14.3. The second-order valence-corrected chi connectivity index (χ2v) is 9.58. The molecule has 1 unspecified atom stereocenters. The zero-order chi connectivity index (χ0) is 28.8. The summed E-state index contributed by atoms with van der Waals surface area (Å²) in [4.78, 5) is 60.8. The van der Waals surface area contributed by atoms with Crippen molar-refractivity contribution in [3.63, 3.8) is 0 Å². The zero-order valence-corrected chi connectivity index (χ0v) is 21.8. The topological polar surface area (TPSA) is 134 Å². The van der Waals surface area contributed by atoms with Crippen molar-refractivity contribution in [1.82, 2.24) is 20.6 Å². The highest BCUT2D eigenvalue weighted by molar-refractivity contribution is 6.09. The summed E-state index contributed by atoms with van der Waals surface area (Å²) in [5, 5.41) is 5.16. The number of carbonyl (C=O) groups excluding carboxylic acids is 4. The van der Waals surface area contributed by atoms with Crippen molar-refractivity contribution in [2.75, 3.05) is 11.4 Å². The first-order valence-corrected chi connectivity index (χ1v) is 13.0. The monoisotopic (exact) mass is 555 g/mol. The Balaban J connectivity index is 1.47. The van der Waals surface area contributed by atoms with E-state index in [9.17, 15) is 23.6 Å².